The monoisotopic (exact) mass is 339 g/mol. The molecule has 0 aliphatic rings. The first-order chi connectivity index (χ1) is 10.8. The minimum Gasteiger partial charge on any atom is -0.473 e. The molecule has 0 radical (unpaired) electrons. The Morgan fingerprint density at radius 2 is 2.04 bits per heavy atom. The van der Waals surface area contributed by atoms with E-state index in [4.69, 9.17) is 16.3 Å². The molecule has 4 nitrogen and oxygen atoms in total. The quantitative estimate of drug-likeness (QED) is 0.864. The fourth-order valence-corrected chi connectivity index (χ4v) is 2.41. The lowest BCUT2D eigenvalue weighted by atomic mass is 9.97. The van der Waals surface area contributed by atoms with Crippen LogP contribution in [0.2, 0.25) is 5.02 Å². The van der Waals surface area contributed by atoms with Gasteiger partial charge in [-0.05, 0) is 24.6 Å². The lowest BCUT2D eigenvalue weighted by Gasteiger charge is -2.19. The summed E-state index contributed by atoms with van der Waals surface area (Å²) in [6.45, 7) is 8.12. The number of aromatic nitrogens is 2. The van der Waals surface area contributed by atoms with Gasteiger partial charge in [0.25, 0.3) is 0 Å². The zero-order valence-corrected chi connectivity index (χ0v) is 14.7. The fraction of sp³-hybridized carbons (Fsp3) is 0.471. The van der Waals surface area contributed by atoms with Gasteiger partial charge < -0.3 is 10.1 Å². The van der Waals surface area contributed by atoms with Crippen LogP contribution in [-0.4, -0.2) is 16.8 Å². The molecule has 1 aromatic heterocycles. The summed E-state index contributed by atoms with van der Waals surface area (Å²) < 4.78 is 20.9. The van der Waals surface area contributed by atoms with Crippen LogP contribution < -0.4 is 10.1 Å². The number of nitrogens with zero attached hydrogens (tertiary/aromatic N) is 2. The van der Waals surface area contributed by atoms with Crippen LogP contribution in [0.25, 0.3) is 0 Å². The summed E-state index contributed by atoms with van der Waals surface area (Å²) in [7, 11) is 1.88. The highest BCUT2D eigenvalue weighted by Gasteiger charge is 2.17. The third-order valence-electron chi connectivity index (χ3n) is 3.17. The summed E-state index contributed by atoms with van der Waals surface area (Å²) >= 11 is 6.04. The maximum absolute atomic E-state index is 13.1. The van der Waals surface area contributed by atoms with Gasteiger partial charge in [-0.15, -0.1) is 0 Å². The first kappa shape index (κ1) is 17.8. The van der Waals surface area contributed by atoms with Gasteiger partial charge in [-0.1, -0.05) is 38.4 Å². The third kappa shape index (κ3) is 5.22. The average molecular weight is 340 g/mol. The van der Waals surface area contributed by atoms with E-state index in [2.05, 4.69) is 31.2 Å². The zero-order valence-electron chi connectivity index (χ0n) is 14.0. The van der Waals surface area contributed by atoms with Crippen LogP contribution in [0.5, 0.6) is 5.88 Å². The van der Waals surface area contributed by atoms with Crippen LogP contribution >= 0.6 is 11.6 Å². The van der Waals surface area contributed by atoms with Gasteiger partial charge in [0.05, 0.1) is 10.7 Å². The Labute approximate surface area is 141 Å². The maximum Gasteiger partial charge on any atom is 0.212 e. The second-order valence-electron chi connectivity index (χ2n) is 6.75. The third-order valence-corrected chi connectivity index (χ3v) is 3.52. The highest BCUT2D eigenvalue weighted by atomic mass is 35.5. The molecule has 2 rings (SSSR count). The first-order valence-electron chi connectivity index (χ1n) is 7.56. The predicted molar refractivity (Wildman–Crippen MR) is 90.2 cm³/mol. The van der Waals surface area contributed by atoms with Gasteiger partial charge in [0.1, 0.15) is 12.4 Å². The molecular weight excluding hydrogens is 317 g/mol. The SMILES string of the molecule is CNCc1cc(OCc2ccc(F)cc2Cl)n(CC(C)(C)C)n1. The molecule has 0 amide bonds. The van der Waals surface area contributed by atoms with Crippen LogP contribution in [0.1, 0.15) is 32.0 Å². The van der Waals surface area contributed by atoms with E-state index in [9.17, 15) is 4.39 Å². The van der Waals surface area contributed by atoms with E-state index in [0.717, 1.165) is 17.8 Å². The van der Waals surface area contributed by atoms with Crippen molar-refractivity contribution in [3.63, 3.8) is 0 Å². The van der Waals surface area contributed by atoms with Crippen molar-refractivity contribution in [2.45, 2.75) is 40.5 Å². The fourth-order valence-electron chi connectivity index (χ4n) is 2.19. The molecule has 1 heterocycles. The number of benzene rings is 1. The molecule has 126 valence electrons. The Morgan fingerprint density at radius 1 is 1.30 bits per heavy atom. The van der Waals surface area contributed by atoms with Crippen molar-refractivity contribution in [3.8, 4) is 5.88 Å². The predicted octanol–water partition coefficient (Wildman–Crippen LogP) is 4.02. The second kappa shape index (κ2) is 7.32. The van der Waals surface area contributed by atoms with Gasteiger partial charge in [0.2, 0.25) is 5.88 Å². The molecule has 0 bridgehead atoms. The lowest BCUT2D eigenvalue weighted by Crippen LogP contribution is -2.18. The Morgan fingerprint density at radius 3 is 2.65 bits per heavy atom. The molecule has 0 saturated carbocycles. The van der Waals surface area contributed by atoms with Crippen LogP contribution in [0.3, 0.4) is 0 Å². The molecule has 1 aromatic carbocycles. The average Bonchev–Trinajstić information content (AvgIpc) is 2.78. The van der Waals surface area contributed by atoms with Crippen molar-refractivity contribution in [2.75, 3.05) is 7.05 Å². The second-order valence-corrected chi connectivity index (χ2v) is 7.15. The number of hydrogen-bond acceptors (Lipinski definition) is 3. The first-order valence-corrected chi connectivity index (χ1v) is 7.94. The summed E-state index contributed by atoms with van der Waals surface area (Å²) in [6, 6.07) is 6.22. The van der Waals surface area contributed by atoms with Gasteiger partial charge in [0.15, 0.2) is 0 Å². The van der Waals surface area contributed by atoms with Gasteiger partial charge in [-0.25, -0.2) is 9.07 Å². The van der Waals surface area contributed by atoms with Gasteiger partial charge in [-0.2, -0.15) is 5.10 Å². The number of nitrogens with one attached hydrogen (secondary N) is 1. The maximum atomic E-state index is 13.1. The molecular formula is C17H23ClFN3O. The number of halogens is 2. The number of hydrogen-bond donors (Lipinski definition) is 1. The number of ether oxygens (including phenoxy) is 1. The van der Waals surface area contributed by atoms with Crippen molar-refractivity contribution < 1.29 is 9.13 Å². The highest BCUT2D eigenvalue weighted by molar-refractivity contribution is 6.31. The minimum atomic E-state index is -0.354. The van der Waals surface area contributed by atoms with Crippen molar-refractivity contribution in [3.05, 3.63) is 46.4 Å². The molecule has 0 spiro atoms. The molecule has 2 aromatic rings. The van der Waals surface area contributed by atoms with Crippen molar-refractivity contribution in [1.82, 2.24) is 15.1 Å². The molecule has 0 aliphatic carbocycles. The topological polar surface area (TPSA) is 39.1 Å². The van der Waals surface area contributed by atoms with E-state index in [0.29, 0.717) is 17.4 Å². The molecule has 0 aliphatic heterocycles. The zero-order chi connectivity index (χ0) is 17.0. The smallest absolute Gasteiger partial charge is 0.212 e. The Bertz CT molecular complexity index is 664. The molecule has 23 heavy (non-hydrogen) atoms. The summed E-state index contributed by atoms with van der Waals surface area (Å²) in [4.78, 5) is 0. The molecule has 0 saturated heterocycles. The molecule has 0 atom stereocenters. The molecule has 0 fully saturated rings. The Hall–Kier alpha value is -1.59. The van der Waals surface area contributed by atoms with Crippen molar-refractivity contribution >= 4 is 11.6 Å². The Balaban J connectivity index is 2.16. The van der Waals surface area contributed by atoms with E-state index in [1.54, 1.807) is 6.07 Å². The molecule has 1 N–H and O–H groups in total. The van der Waals surface area contributed by atoms with Crippen molar-refractivity contribution in [1.29, 1.82) is 0 Å². The van der Waals surface area contributed by atoms with Crippen LogP contribution in [0.15, 0.2) is 24.3 Å². The van der Waals surface area contributed by atoms with E-state index in [1.807, 2.05) is 17.8 Å². The summed E-state index contributed by atoms with van der Waals surface area (Å²) in [5.74, 6) is 0.332. The van der Waals surface area contributed by atoms with Crippen LogP contribution in [0.4, 0.5) is 4.39 Å². The van der Waals surface area contributed by atoms with E-state index in [1.165, 1.54) is 12.1 Å². The Kier molecular flexibility index (Phi) is 5.65. The normalized spacial score (nSPS) is 11.7. The number of rotatable bonds is 6. The van der Waals surface area contributed by atoms with Gasteiger partial charge in [-0.3, -0.25) is 0 Å². The minimum absolute atomic E-state index is 0.0779. The molecule has 6 heteroatoms. The highest BCUT2D eigenvalue weighted by Crippen LogP contribution is 2.24. The van der Waals surface area contributed by atoms with Crippen molar-refractivity contribution in [2.24, 2.45) is 5.41 Å². The summed E-state index contributed by atoms with van der Waals surface area (Å²) in [5.41, 5.74) is 1.73. The van der Waals surface area contributed by atoms with Crippen LogP contribution in [0, 0.1) is 11.2 Å². The lowest BCUT2D eigenvalue weighted by molar-refractivity contribution is 0.242. The summed E-state index contributed by atoms with van der Waals surface area (Å²) in [5, 5.41) is 8.02. The van der Waals surface area contributed by atoms with E-state index < -0.39 is 0 Å². The van der Waals surface area contributed by atoms with Gasteiger partial charge in [0, 0.05) is 24.7 Å². The van der Waals surface area contributed by atoms with Crippen LogP contribution in [-0.2, 0) is 19.7 Å². The summed E-state index contributed by atoms with van der Waals surface area (Å²) in [6.07, 6.45) is 0. The van der Waals surface area contributed by atoms with Gasteiger partial charge >= 0.3 is 0 Å². The van der Waals surface area contributed by atoms with E-state index in [-0.39, 0.29) is 17.8 Å². The molecule has 0 unspecified atom stereocenters. The van der Waals surface area contributed by atoms with E-state index >= 15 is 0 Å². The standard InChI is InChI=1S/C17H23ClFN3O/c1-17(2,3)11-22-16(8-14(21-22)9-20-4)23-10-12-5-6-13(19)7-15(12)18/h5-8,20H,9-11H2,1-4H3. The largest absolute Gasteiger partial charge is 0.473 e.